The molecule has 1 aromatic heterocycles. The van der Waals surface area contributed by atoms with Gasteiger partial charge in [0.1, 0.15) is 17.4 Å². The minimum Gasteiger partial charge on any atom is -0.497 e. The number of aromatic nitrogens is 2. The first kappa shape index (κ1) is 16.4. The number of carbonyl (C=O) groups is 1. The van der Waals surface area contributed by atoms with E-state index in [4.69, 9.17) is 9.47 Å². The average Bonchev–Trinajstić information content (AvgIpc) is 2.96. The third-order valence-corrected chi connectivity index (χ3v) is 3.96. The summed E-state index contributed by atoms with van der Waals surface area (Å²) >= 11 is 1.38. The number of hydrogen-bond donors (Lipinski definition) is 1. The van der Waals surface area contributed by atoms with Crippen molar-refractivity contribution >= 4 is 22.4 Å². The second kappa shape index (κ2) is 7.86. The Labute approximate surface area is 133 Å². The number of nitrogens with zero attached hydrogens (tertiary/aromatic N) is 2. The maximum Gasteiger partial charge on any atom is 0.252 e. The summed E-state index contributed by atoms with van der Waals surface area (Å²) in [6.07, 6.45) is 0. The molecule has 0 unspecified atom stereocenters. The highest BCUT2D eigenvalue weighted by atomic mass is 32.1. The Morgan fingerprint density at radius 3 is 2.86 bits per heavy atom. The van der Waals surface area contributed by atoms with Crippen LogP contribution in [0.1, 0.15) is 30.3 Å². The lowest BCUT2D eigenvalue weighted by molar-refractivity contribution is -0.121. The number of methoxy groups -OCH3 is 1. The van der Waals surface area contributed by atoms with E-state index in [1.165, 1.54) is 11.3 Å². The van der Waals surface area contributed by atoms with Crippen molar-refractivity contribution in [3.05, 3.63) is 34.8 Å². The van der Waals surface area contributed by atoms with Crippen molar-refractivity contribution in [2.24, 2.45) is 0 Å². The molecule has 118 valence electrons. The number of rotatable bonds is 7. The van der Waals surface area contributed by atoms with Gasteiger partial charge in [-0.3, -0.25) is 10.1 Å². The molecule has 1 N–H and O–H groups in total. The predicted molar refractivity (Wildman–Crippen MR) is 85.3 cm³/mol. The highest BCUT2D eigenvalue weighted by Crippen LogP contribution is 2.22. The van der Waals surface area contributed by atoms with E-state index in [1.807, 2.05) is 38.1 Å². The third-order valence-electron chi connectivity index (χ3n) is 2.82. The second-order valence-electron chi connectivity index (χ2n) is 4.99. The van der Waals surface area contributed by atoms with Gasteiger partial charge in [-0.05, 0) is 17.7 Å². The van der Waals surface area contributed by atoms with Crippen molar-refractivity contribution in [2.45, 2.75) is 26.4 Å². The Hall–Kier alpha value is -1.99. The molecule has 0 fully saturated rings. The third kappa shape index (κ3) is 4.78. The van der Waals surface area contributed by atoms with Crippen molar-refractivity contribution in [3.8, 4) is 5.75 Å². The topological polar surface area (TPSA) is 73.3 Å². The van der Waals surface area contributed by atoms with Gasteiger partial charge in [0.05, 0.1) is 13.7 Å². The Morgan fingerprint density at radius 1 is 1.36 bits per heavy atom. The second-order valence-corrected chi connectivity index (χ2v) is 6.00. The summed E-state index contributed by atoms with van der Waals surface area (Å²) in [5.74, 6) is 0.822. The quantitative estimate of drug-likeness (QED) is 0.849. The summed E-state index contributed by atoms with van der Waals surface area (Å²) < 4.78 is 10.5. The van der Waals surface area contributed by atoms with Crippen LogP contribution in [0.3, 0.4) is 0 Å². The Balaban J connectivity index is 1.77. The van der Waals surface area contributed by atoms with Crippen LogP contribution in [-0.4, -0.2) is 29.8 Å². The molecule has 0 radical (unpaired) electrons. The lowest BCUT2D eigenvalue weighted by atomic mass is 10.2. The van der Waals surface area contributed by atoms with Crippen LogP contribution in [0.25, 0.3) is 0 Å². The van der Waals surface area contributed by atoms with E-state index in [9.17, 15) is 4.79 Å². The van der Waals surface area contributed by atoms with Crippen molar-refractivity contribution in [1.29, 1.82) is 0 Å². The van der Waals surface area contributed by atoms with E-state index >= 15 is 0 Å². The van der Waals surface area contributed by atoms with E-state index < -0.39 is 0 Å². The molecule has 0 atom stereocenters. The molecule has 0 saturated carbocycles. The first-order chi connectivity index (χ1) is 10.6. The summed E-state index contributed by atoms with van der Waals surface area (Å²) in [6, 6.07) is 7.53. The van der Waals surface area contributed by atoms with Gasteiger partial charge in [0.25, 0.3) is 5.91 Å². The first-order valence-corrected chi connectivity index (χ1v) is 7.74. The zero-order valence-electron chi connectivity index (χ0n) is 12.8. The monoisotopic (exact) mass is 321 g/mol. The number of ether oxygens (including phenoxy) is 2. The van der Waals surface area contributed by atoms with Gasteiger partial charge in [-0.1, -0.05) is 37.3 Å². The number of amides is 1. The van der Waals surface area contributed by atoms with Gasteiger partial charge in [0.2, 0.25) is 5.13 Å². The van der Waals surface area contributed by atoms with E-state index in [0.717, 1.165) is 16.3 Å². The minimum atomic E-state index is -0.241. The van der Waals surface area contributed by atoms with Crippen LogP contribution in [0.4, 0.5) is 5.13 Å². The van der Waals surface area contributed by atoms with E-state index in [0.29, 0.717) is 17.7 Å². The standard InChI is InChI=1S/C15H19N3O3S/c1-10(2)14-17-18-15(22-14)16-13(19)9-21-8-11-5-4-6-12(7-11)20-3/h4-7,10H,8-9H2,1-3H3,(H,16,18,19). The van der Waals surface area contributed by atoms with Crippen molar-refractivity contribution in [2.75, 3.05) is 19.0 Å². The van der Waals surface area contributed by atoms with Crippen LogP contribution in [0.15, 0.2) is 24.3 Å². The largest absolute Gasteiger partial charge is 0.497 e. The molecule has 22 heavy (non-hydrogen) atoms. The Morgan fingerprint density at radius 2 is 2.18 bits per heavy atom. The van der Waals surface area contributed by atoms with Crippen LogP contribution in [0.2, 0.25) is 0 Å². The molecule has 0 bridgehead atoms. The number of benzene rings is 1. The molecule has 6 nitrogen and oxygen atoms in total. The molecule has 1 aromatic carbocycles. The summed E-state index contributed by atoms with van der Waals surface area (Å²) in [5, 5.41) is 12.0. The molecule has 0 spiro atoms. The summed E-state index contributed by atoms with van der Waals surface area (Å²) in [7, 11) is 1.61. The fourth-order valence-electron chi connectivity index (χ4n) is 1.70. The first-order valence-electron chi connectivity index (χ1n) is 6.92. The summed E-state index contributed by atoms with van der Waals surface area (Å²) in [6.45, 7) is 4.37. The highest BCUT2D eigenvalue weighted by molar-refractivity contribution is 7.15. The van der Waals surface area contributed by atoms with Gasteiger partial charge in [-0.25, -0.2) is 0 Å². The van der Waals surface area contributed by atoms with Crippen LogP contribution in [0, 0.1) is 0 Å². The van der Waals surface area contributed by atoms with Gasteiger partial charge in [-0.2, -0.15) is 0 Å². The molecule has 0 aliphatic carbocycles. The van der Waals surface area contributed by atoms with Gasteiger partial charge in [-0.15, -0.1) is 10.2 Å². The minimum absolute atomic E-state index is 0.0339. The van der Waals surface area contributed by atoms with Crippen LogP contribution in [0.5, 0.6) is 5.75 Å². The molecule has 1 amide bonds. The number of nitrogens with one attached hydrogen (secondary N) is 1. The molecule has 0 aliphatic rings. The van der Waals surface area contributed by atoms with Crippen LogP contribution < -0.4 is 10.1 Å². The van der Waals surface area contributed by atoms with E-state index in [1.54, 1.807) is 7.11 Å². The molecule has 7 heteroatoms. The number of anilines is 1. The maximum absolute atomic E-state index is 11.8. The Bertz CT molecular complexity index is 628. The fourth-order valence-corrected chi connectivity index (χ4v) is 2.46. The van der Waals surface area contributed by atoms with Gasteiger partial charge in [0, 0.05) is 5.92 Å². The van der Waals surface area contributed by atoms with E-state index in [2.05, 4.69) is 15.5 Å². The SMILES string of the molecule is COc1cccc(COCC(=O)Nc2nnc(C(C)C)s2)c1. The average molecular weight is 321 g/mol. The van der Waals surface area contributed by atoms with Crippen molar-refractivity contribution < 1.29 is 14.3 Å². The molecule has 0 saturated heterocycles. The Kier molecular flexibility index (Phi) is 5.85. The van der Waals surface area contributed by atoms with Gasteiger partial charge >= 0.3 is 0 Å². The van der Waals surface area contributed by atoms with Crippen LogP contribution >= 0.6 is 11.3 Å². The molecule has 0 aliphatic heterocycles. The lowest BCUT2D eigenvalue weighted by Gasteiger charge is -2.06. The lowest BCUT2D eigenvalue weighted by Crippen LogP contribution is -2.18. The highest BCUT2D eigenvalue weighted by Gasteiger charge is 2.10. The number of hydrogen-bond acceptors (Lipinski definition) is 6. The van der Waals surface area contributed by atoms with Crippen LogP contribution in [-0.2, 0) is 16.1 Å². The van der Waals surface area contributed by atoms with E-state index in [-0.39, 0.29) is 12.5 Å². The summed E-state index contributed by atoms with van der Waals surface area (Å²) in [5.41, 5.74) is 0.949. The van der Waals surface area contributed by atoms with Crippen molar-refractivity contribution in [1.82, 2.24) is 10.2 Å². The molecular formula is C15H19N3O3S. The summed E-state index contributed by atoms with van der Waals surface area (Å²) in [4.78, 5) is 11.8. The predicted octanol–water partition coefficient (Wildman–Crippen LogP) is 2.83. The smallest absolute Gasteiger partial charge is 0.252 e. The molecular weight excluding hydrogens is 302 g/mol. The van der Waals surface area contributed by atoms with Gasteiger partial charge in [0.15, 0.2) is 0 Å². The zero-order valence-corrected chi connectivity index (χ0v) is 13.6. The van der Waals surface area contributed by atoms with Gasteiger partial charge < -0.3 is 9.47 Å². The van der Waals surface area contributed by atoms with Crippen molar-refractivity contribution in [3.63, 3.8) is 0 Å². The normalized spacial score (nSPS) is 10.7. The fraction of sp³-hybridized carbons (Fsp3) is 0.400. The zero-order chi connectivity index (χ0) is 15.9. The maximum atomic E-state index is 11.8. The number of carbonyl (C=O) groups excluding carboxylic acids is 1. The molecule has 2 aromatic rings. The molecule has 2 rings (SSSR count). The molecule has 1 heterocycles.